The van der Waals surface area contributed by atoms with Crippen molar-refractivity contribution in [3.05, 3.63) is 71.8 Å². The zero-order valence-electron chi connectivity index (χ0n) is 12.5. The average Bonchev–Trinajstić information content (AvgIpc) is 3.19. The summed E-state index contributed by atoms with van der Waals surface area (Å²) in [5.74, 6) is -1.78. The van der Waals surface area contributed by atoms with E-state index < -0.39 is 30.3 Å². The van der Waals surface area contributed by atoms with Crippen molar-refractivity contribution in [3.63, 3.8) is 0 Å². The molecule has 0 radical (unpaired) electrons. The summed E-state index contributed by atoms with van der Waals surface area (Å²) in [4.78, 5) is 29.7. The van der Waals surface area contributed by atoms with E-state index >= 15 is 0 Å². The third-order valence-corrected chi connectivity index (χ3v) is 3.95. The molecule has 4 rings (SSSR count). The first-order valence-corrected chi connectivity index (χ1v) is 7.50. The lowest BCUT2D eigenvalue weighted by atomic mass is 9.94. The zero-order chi connectivity index (χ0) is 16.5. The Morgan fingerprint density at radius 1 is 1.00 bits per heavy atom. The SMILES string of the molecule is O=C(OC1OC(=O)C2C(c3ccccc3)=NOC12)c1ccccc1. The normalized spacial score (nSPS) is 24.6. The second kappa shape index (κ2) is 5.81. The molecule has 120 valence electrons. The molecule has 3 atom stereocenters. The molecule has 2 aromatic carbocycles. The summed E-state index contributed by atoms with van der Waals surface area (Å²) in [7, 11) is 0. The molecular formula is C18H13NO5. The van der Waals surface area contributed by atoms with Gasteiger partial charge in [-0.1, -0.05) is 53.7 Å². The van der Waals surface area contributed by atoms with Gasteiger partial charge in [-0.3, -0.25) is 4.79 Å². The van der Waals surface area contributed by atoms with Gasteiger partial charge in [-0.2, -0.15) is 0 Å². The van der Waals surface area contributed by atoms with E-state index in [0.29, 0.717) is 11.3 Å². The van der Waals surface area contributed by atoms with E-state index in [1.165, 1.54) is 0 Å². The van der Waals surface area contributed by atoms with Gasteiger partial charge in [0, 0.05) is 5.56 Å². The Labute approximate surface area is 137 Å². The molecule has 1 fully saturated rings. The van der Waals surface area contributed by atoms with Crippen molar-refractivity contribution in [2.24, 2.45) is 11.1 Å². The summed E-state index contributed by atoms with van der Waals surface area (Å²) in [6, 6.07) is 17.7. The number of oxime groups is 1. The number of carbonyl (C=O) groups excluding carboxylic acids is 2. The van der Waals surface area contributed by atoms with Crippen LogP contribution in [0.15, 0.2) is 65.8 Å². The minimum absolute atomic E-state index is 0.374. The summed E-state index contributed by atoms with van der Waals surface area (Å²) in [6.45, 7) is 0. The van der Waals surface area contributed by atoms with Crippen LogP contribution in [0.2, 0.25) is 0 Å². The van der Waals surface area contributed by atoms with Crippen LogP contribution in [0, 0.1) is 5.92 Å². The summed E-state index contributed by atoms with van der Waals surface area (Å²) in [6.07, 6.45) is -1.87. The van der Waals surface area contributed by atoms with Crippen molar-refractivity contribution in [1.29, 1.82) is 0 Å². The predicted octanol–water partition coefficient (Wildman–Crippen LogP) is 2.15. The van der Waals surface area contributed by atoms with Crippen LogP contribution in [0.3, 0.4) is 0 Å². The van der Waals surface area contributed by atoms with Crippen molar-refractivity contribution < 1.29 is 23.9 Å². The van der Waals surface area contributed by atoms with Crippen LogP contribution in [-0.2, 0) is 19.1 Å². The maximum atomic E-state index is 12.2. The first-order chi connectivity index (χ1) is 11.7. The number of carbonyl (C=O) groups is 2. The topological polar surface area (TPSA) is 74.2 Å². The van der Waals surface area contributed by atoms with E-state index in [1.807, 2.05) is 30.3 Å². The molecule has 0 saturated carbocycles. The monoisotopic (exact) mass is 323 g/mol. The number of nitrogens with zero attached hydrogens (tertiary/aromatic N) is 1. The van der Waals surface area contributed by atoms with Gasteiger partial charge in [-0.25, -0.2) is 4.79 Å². The maximum absolute atomic E-state index is 12.2. The van der Waals surface area contributed by atoms with E-state index in [0.717, 1.165) is 5.56 Å². The van der Waals surface area contributed by atoms with Crippen LogP contribution in [0.4, 0.5) is 0 Å². The molecule has 6 nitrogen and oxygen atoms in total. The Balaban J connectivity index is 1.52. The van der Waals surface area contributed by atoms with Crippen molar-refractivity contribution >= 4 is 17.7 Å². The van der Waals surface area contributed by atoms with Gasteiger partial charge < -0.3 is 14.3 Å². The lowest BCUT2D eigenvalue weighted by molar-refractivity contribution is -0.164. The van der Waals surface area contributed by atoms with Crippen LogP contribution in [0.1, 0.15) is 15.9 Å². The van der Waals surface area contributed by atoms with Gasteiger partial charge in [0.2, 0.25) is 6.10 Å². The highest BCUT2D eigenvalue weighted by atomic mass is 16.8. The highest BCUT2D eigenvalue weighted by molar-refractivity contribution is 6.13. The molecule has 2 aliphatic rings. The standard InChI is InChI=1S/C18H13NO5/c20-16(12-9-5-2-6-10-12)22-18-15-13(17(21)23-18)14(19-24-15)11-7-3-1-4-8-11/h1-10,13,15,18H. The third kappa shape index (κ3) is 2.42. The smallest absolute Gasteiger partial charge is 0.341 e. The maximum Gasteiger partial charge on any atom is 0.341 e. The fourth-order valence-electron chi connectivity index (χ4n) is 2.78. The second-order valence-corrected chi connectivity index (χ2v) is 5.47. The largest absolute Gasteiger partial charge is 0.420 e. The third-order valence-electron chi connectivity index (χ3n) is 3.95. The van der Waals surface area contributed by atoms with Gasteiger partial charge in [-0.15, -0.1) is 0 Å². The number of fused-ring (bicyclic) bond motifs is 1. The highest BCUT2D eigenvalue weighted by Crippen LogP contribution is 2.34. The van der Waals surface area contributed by atoms with Crippen LogP contribution in [0.5, 0.6) is 0 Å². The fourth-order valence-corrected chi connectivity index (χ4v) is 2.78. The molecule has 0 amide bonds. The predicted molar refractivity (Wildman–Crippen MR) is 83.1 cm³/mol. The van der Waals surface area contributed by atoms with Crippen molar-refractivity contribution in [2.45, 2.75) is 12.4 Å². The summed E-state index contributed by atoms with van der Waals surface area (Å²) in [5.41, 5.74) is 1.64. The molecule has 24 heavy (non-hydrogen) atoms. The van der Waals surface area contributed by atoms with Gasteiger partial charge in [0.15, 0.2) is 0 Å². The number of rotatable bonds is 3. The zero-order valence-corrected chi connectivity index (χ0v) is 12.5. The van der Waals surface area contributed by atoms with Crippen molar-refractivity contribution in [1.82, 2.24) is 0 Å². The summed E-state index contributed by atoms with van der Waals surface area (Å²) >= 11 is 0. The lowest BCUT2D eigenvalue weighted by Crippen LogP contribution is -2.32. The van der Waals surface area contributed by atoms with Gasteiger partial charge in [0.1, 0.15) is 11.6 Å². The van der Waals surface area contributed by atoms with Gasteiger partial charge in [0.25, 0.3) is 6.29 Å². The first kappa shape index (κ1) is 14.4. The molecule has 0 spiro atoms. The Bertz CT molecular complexity index is 803. The minimum Gasteiger partial charge on any atom is -0.420 e. The number of cyclic esters (lactones) is 1. The number of hydrogen-bond donors (Lipinski definition) is 0. The lowest BCUT2D eigenvalue weighted by Gasteiger charge is -2.15. The van der Waals surface area contributed by atoms with E-state index in [-0.39, 0.29) is 0 Å². The Kier molecular flexibility index (Phi) is 3.49. The number of ether oxygens (including phenoxy) is 2. The number of hydrogen-bond acceptors (Lipinski definition) is 6. The molecular weight excluding hydrogens is 310 g/mol. The van der Waals surface area contributed by atoms with Crippen LogP contribution in [-0.4, -0.2) is 30.0 Å². The number of benzene rings is 2. The highest BCUT2D eigenvalue weighted by Gasteiger charge is 2.55. The van der Waals surface area contributed by atoms with Crippen LogP contribution < -0.4 is 0 Å². The fraction of sp³-hybridized carbons (Fsp3) is 0.167. The molecule has 1 saturated heterocycles. The Morgan fingerprint density at radius 2 is 1.67 bits per heavy atom. The van der Waals surface area contributed by atoms with Gasteiger partial charge in [0.05, 0.1) is 5.56 Å². The molecule has 2 aliphatic heterocycles. The summed E-state index contributed by atoms with van der Waals surface area (Å²) < 4.78 is 10.5. The van der Waals surface area contributed by atoms with Crippen LogP contribution >= 0.6 is 0 Å². The van der Waals surface area contributed by atoms with E-state index in [2.05, 4.69) is 5.16 Å². The molecule has 3 unspecified atom stereocenters. The second-order valence-electron chi connectivity index (χ2n) is 5.47. The molecule has 0 aromatic heterocycles. The minimum atomic E-state index is -1.11. The quantitative estimate of drug-likeness (QED) is 0.809. The van der Waals surface area contributed by atoms with Crippen molar-refractivity contribution in [2.75, 3.05) is 0 Å². The van der Waals surface area contributed by atoms with Gasteiger partial charge >= 0.3 is 11.9 Å². The van der Waals surface area contributed by atoms with E-state index in [9.17, 15) is 9.59 Å². The molecule has 2 heterocycles. The van der Waals surface area contributed by atoms with E-state index in [1.54, 1.807) is 30.3 Å². The Hall–Kier alpha value is -3.15. The Morgan fingerprint density at radius 3 is 2.38 bits per heavy atom. The molecule has 2 aromatic rings. The van der Waals surface area contributed by atoms with E-state index in [4.69, 9.17) is 14.3 Å². The molecule has 0 aliphatic carbocycles. The molecule has 0 bridgehead atoms. The number of esters is 2. The first-order valence-electron chi connectivity index (χ1n) is 7.50. The molecule has 0 N–H and O–H groups in total. The van der Waals surface area contributed by atoms with Crippen molar-refractivity contribution in [3.8, 4) is 0 Å². The van der Waals surface area contributed by atoms with Gasteiger partial charge in [-0.05, 0) is 12.1 Å². The summed E-state index contributed by atoms with van der Waals surface area (Å²) in [5, 5.41) is 4.00. The molecule has 6 heteroatoms. The average molecular weight is 323 g/mol. The van der Waals surface area contributed by atoms with Crippen LogP contribution in [0.25, 0.3) is 0 Å².